The molecule has 1 aliphatic rings. The molecule has 0 spiro atoms. The van der Waals surface area contributed by atoms with Crippen molar-refractivity contribution in [3.63, 3.8) is 0 Å². The van der Waals surface area contributed by atoms with E-state index >= 15 is 0 Å². The molecule has 2 amide bonds. The van der Waals surface area contributed by atoms with Crippen molar-refractivity contribution in [3.8, 4) is 11.1 Å². The van der Waals surface area contributed by atoms with Gasteiger partial charge < -0.3 is 20.5 Å². The van der Waals surface area contributed by atoms with Crippen molar-refractivity contribution >= 4 is 18.0 Å². The molecule has 2 atom stereocenters. The van der Waals surface area contributed by atoms with Crippen LogP contribution in [0.3, 0.4) is 0 Å². The molecule has 3 N–H and O–H groups in total. The normalized spacial score (nSPS) is 14.2. The molecule has 0 fully saturated rings. The maximum absolute atomic E-state index is 12.6. The van der Waals surface area contributed by atoms with Gasteiger partial charge in [-0.1, -0.05) is 75.7 Å². The van der Waals surface area contributed by atoms with Gasteiger partial charge in [-0.2, -0.15) is 0 Å². The largest absolute Gasteiger partial charge is 0.480 e. The van der Waals surface area contributed by atoms with Crippen molar-refractivity contribution in [2.75, 3.05) is 6.61 Å². The molecule has 2 aromatic rings. The highest BCUT2D eigenvalue weighted by atomic mass is 16.5. The first-order valence-corrected chi connectivity index (χ1v) is 11.5. The average Bonchev–Trinajstić information content (AvgIpc) is 3.10. The summed E-state index contributed by atoms with van der Waals surface area (Å²) < 4.78 is 5.58. The quantitative estimate of drug-likeness (QED) is 0.498. The molecular formula is C26H32N2O5. The van der Waals surface area contributed by atoms with Crippen LogP contribution in [-0.2, 0) is 14.3 Å². The molecule has 0 bridgehead atoms. The molecule has 2 aromatic carbocycles. The zero-order chi connectivity index (χ0) is 24.0. The minimum Gasteiger partial charge on any atom is -0.480 e. The highest BCUT2D eigenvalue weighted by Crippen LogP contribution is 2.44. The van der Waals surface area contributed by atoms with Crippen molar-refractivity contribution < 1.29 is 24.2 Å². The van der Waals surface area contributed by atoms with E-state index in [0.29, 0.717) is 12.8 Å². The van der Waals surface area contributed by atoms with Crippen LogP contribution < -0.4 is 10.6 Å². The zero-order valence-corrected chi connectivity index (χ0v) is 19.3. The molecule has 1 aliphatic carbocycles. The SMILES string of the molecule is CCC[C@@H](NC(=O)CC(NC(=O)OCC1c2ccccc2-c2ccccc21)C(C)C)C(=O)O. The number of aliphatic carboxylic acids is 1. The Labute approximate surface area is 194 Å². The lowest BCUT2D eigenvalue weighted by Gasteiger charge is -2.23. The highest BCUT2D eigenvalue weighted by Gasteiger charge is 2.30. The lowest BCUT2D eigenvalue weighted by molar-refractivity contribution is -0.142. The lowest BCUT2D eigenvalue weighted by atomic mass is 9.98. The van der Waals surface area contributed by atoms with E-state index in [1.54, 1.807) is 0 Å². The number of fused-ring (bicyclic) bond motifs is 3. The molecule has 176 valence electrons. The number of carbonyl (C=O) groups excluding carboxylic acids is 2. The lowest BCUT2D eigenvalue weighted by Crippen LogP contribution is -2.46. The van der Waals surface area contributed by atoms with Gasteiger partial charge in [0.25, 0.3) is 0 Å². The molecule has 33 heavy (non-hydrogen) atoms. The van der Waals surface area contributed by atoms with E-state index in [4.69, 9.17) is 4.74 Å². The Kier molecular flexibility index (Phi) is 8.09. The summed E-state index contributed by atoms with van der Waals surface area (Å²) in [4.78, 5) is 36.3. The van der Waals surface area contributed by atoms with Crippen LogP contribution in [0, 0.1) is 5.92 Å². The molecule has 0 aromatic heterocycles. The van der Waals surface area contributed by atoms with Crippen molar-refractivity contribution in [3.05, 3.63) is 59.7 Å². The molecule has 0 saturated carbocycles. The number of amides is 2. The summed E-state index contributed by atoms with van der Waals surface area (Å²) in [5.41, 5.74) is 4.56. The van der Waals surface area contributed by atoms with Crippen molar-refractivity contribution in [2.24, 2.45) is 5.92 Å². The van der Waals surface area contributed by atoms with Crippen LogP contribution in [0.5, 0.6) is 0 Å². The molecule has 0 heterocycles. The van der Waals surface area contributed by atoms with Crippen LogP contribution in [0.4, 0.5) is 4.79 Å². The second kappa shape index (κ2) is 11.0. The van der Waals surface area contributed by atoms with Gasteiger partial charge in [0.1, 0.15) is 12.6 Å². The Morgan fingerprint density at radius 3 is 2.06 bits per heavy atom. The Bertz CT molecular complexity index is 958. The third kappa shape index (κ3) is 5.92. The molecule has 0 radical (unpaired) electrons. The van der Waals surface area contributed by atoms with Crippen LogP contribution in [-0.4, -0.2) is 41.8 Å². The number of nitrogens with one attached hydrogen (secondary N) is 2. The van der Waals surface area contributed by atoms with E-state index in [0.717, 1.165) is 22.3 Å². The van der Waals surface area contributed by atoms with Gasteiger partial charge in [-0.3, -0.25) is 4.79 Å². The van der Waals surface area contributed by atoms with Crippen LogP contribution in [0.2, 0.25) is 0 Å². The van der Waals surface area contributed by atoms with Crippen LogP contribution >= 0.6 is 0 Å². The number of benzene rings is 2. The zero-order valence-electron chi connectivity index (χ0n) is 19.3. The fourth-order valence-corrected chi connectivity index (χ4v) is 4.24. The number of ether oxygens (including phenoxy) is 1. The van der Waals surface area contributed by atoms with E-state index in [1.165, 1.54) is 0 Å². The highest BCUT2D eigenvalue weighted by molar-refractivity contribution is 5.84. The first-order chi connectivity index (χ1) is 15.8. The molecule has 0 saturated heterocycles. The number of rotatable bonds is 10. The first-order valence-electron chi connectivity index (χ1n) is 11.5. The number of hydrogen-bond donors (Lipinski definition) is 3. The first kappa shape index (κ1) is 24.3. The predicted octanol–water partition coefficient (Wildman–Crippen LogP) is 4.31. The Balaban J connectivity index is 1.60. The van der Waals surface area contributed by atoms with E-state index < -0.39 is 30.1 Å². The van der Waals surface area contributed by atoms with E-state index in [9.17, 15) is 19.5 Å². The minimum absolute atomic E-state index is 0.0185. The van der Waals surface area contributed by atoms with Gasteiger partial charge in [-0.15, -0.1) is 0 Å². The van der Waals surface area contributed by atoms with E-state index in [2.05, 4.69) is 34.9 Å². The molecule has 1 unspecified atom stereocenters. The fourth-order valence-electron chi connectivity index (χ4n) is 4.24. The van der Waals surface area contributed by atoms with Crippen LogP contribution in [0.15, 0.2) is 48.5 Å². The van der Waals surface area contributed by atoms with Gasteiger partial charge in [0.05, 0.1) is 0 Å². The standard InChI is InChI=1S/C26H32N2O5/c1-4-9-22(25(30)31)27-24(29)14-23(16(2)3)28-26(32)33-15-21-19-12-7-5-10-17(19)18-11-6-8-13-20(18)21/h5-8,10-13,16,21-23H,4,9,14-15H2,1-3H3,(H,27,29)(H,28,32)(H,30,31)/t22-,23?/m1/s1. The summed E-state index contributed by atoms with van der Waals surface area (Å²) in [5, 5.41) is 14.6. The van der Waals surface area contributed by atoms with Gasteiger partial charge in [0, 0.05) is 18.4 Å². The number of hydrogen-bond acceptors (Lipinski definition) is 4. The van der Waals surface area contributed by atoms with Crippen LogP contribution in [0.25, 0.3) is 11.1 Å². The molecule has 0 aliphatic heterocycles. The minimum atomic E-state index is -1.06. The summed E-state index contributed by atoms with van der Waals surface area (Å²) in [6.45, 7) is 5.83. The second-order valence-corrected chi connectivity index (χ2v) is 8.77. The topological polar surface area (TPSA) is 105 Å². The third-order valence-electron chi connectivity index (χ3n) is 6.07. The van der Waals surface area contributed by atoms with Crippen molar-refractivity contribution in [2.45, 2.75) is 58.0 Å². The summed E-state index contributed by atoms with van der Waals surface area (Å²) in [6, 6.07) is 14.8. The third-order valence-corrected chi connectivity index (χ3v) is 6.07. The summed E-state index contributed by atoms with van der Waals surface area (Å²) >= 11 is 0. The van der Waals surface area contributed by atoms with Gasteiger partial charge >= 0.3 is 12.1 Å². The average molecular weight is 453 g/mol. The van der Waals surface area contributed by atoms with Crippen LogP contribution in [0.1, 0.15) is 57.1 Å². The van der Waals surface area contributed by atoms with Gasteiger partial charge in [-0.25, -0.2) is 9.59 Å². The number of alkyl carbamates (subject to hydrolysis) is 1. The Morgan fingerprint density at radius 2 is 1.55 bits per heavy atom. The molecule has 7 nitrogen and oxygen atoms in total. The molecule has 7 heteroatoms. The summed E-state index contributed by atoms with van der Waals surface area (Å²) in [7, 11) is 0. The monoisotopic (exact) mass is 452 g/mol. The fraction of sp³-hybridized carbons (Fsp3) is 0.423. The number of carbonyl (C=O) groups is 3. The summed E-state index contributed by atoms with van der Waals surface area (Å²) in [6.07, 6.45) is 0.387. The predicted molar refractivity (Wildman–Crippen MR) is 126 cm³/mol. The van der Waals surface area contributed by atoms with Crippen molar-refractivity contribution in [1.29, 1.82) is 0 Å². The van der Waals surface area contributed by atoms with Gasteiger partial charge in [0.15, 0.2) is 0 Å². The molecular weight excluding hydrogens is 420 g/mol. The Morgan fingerprint density at radius 1 is 0.970 bits per heavy atom. The van der Waals surface area contributed by atoms with E-state index in [1.807, 2.05) is 45.0 Å². The maximum Gasteiger partial charge on any atom is 0.407 e. The van der Waals surface area contributed by atoms with Gasteiger partial charge in [0.2, 0.25) is 5.91 Å². The summed E-state index contributed by atoms with van der Waals surface area (Å²) in [5.74, 6) is -1.55. The molecule has 3 rings (SSSR count). The van der Waals surface area contributed by atoms with E-state index in [-0.39, 0.29) is 24.9 Å². The maximum atomic E-state index is 12.6. The Hall–Kier alpha value is -3.35. The second-order valence-electron chi connectivity index (χ2n) is 8.77. The smallest absolute Gasteiger partial charge is 0.407 e. The number of carboxylic acid groups (broad SMARTS) is 1. The number of carboxylic acids is 1. The van der Waals surface area contributed by atoms with Crippen molar-refractivity contribution in [1.82, 2.24) is 10.6 Å². The van der Waals surface area contributed by atoms with Gasteiger partial charge in [-0.05, 0) is 34.6 Å².